The third-order valence-corrected chi connectivity index (χ3v) is 5.28. The molecule has 2 aromatic heterocycles. The standard InChI is InChI=1S/C20H24N4O2/c1-23-17(20(26)21-9-6-12-24-10-4-5-11-24)13-15-18(23)14-7-2-3-8-16(14)22-19(15)25/h2-3,7-8,13H,4-6,9-12H2,1H3,(H,21,26)(H,22,25). The van der Waals surface area contributed by atoms with Gasteiger partial charge < -0.3 is 19.8 Å². The van der Waals surface area contributed by atoms with E-state index in [9.17, 15) is 9.59 Å². The Balaban J connectivity index is 1.55. The summed E-state index contributed by atoms with van der Waals surface area (Å²) in [6, 6.07) is 9.36. The summed E-state index contributed by atoms with van der Waals surface area (Å²) >= 11 is 0. The molecule has 0 radical (unpaired) electrons. The molecule has 136 valence electrons. The van der Waals surface area contributed by atoms with Crippen molar-refractivity contribution < 1.29 is 4.79 Å². The number of carbonyl (C=O) groups is 1. The van der Waals surface area contributed by atoms with Crippen LogP contribution in [0.3, 0.4) is 0 Å². The van der Waals surface area contributed by atoms with Crippen molar-refractivity contribution in [3.63, 3.8) is 0 Å². The molecule has 6 nitrogen and oxygen atoms in total. The van der Waals surface area contributed by atoms with Crippen molar-refractivity contribution in [3.8, 4) is 0 Å². The van der Waals surface area contributed by atoms with E-state index in [0.29, 0.717) is 17.6 Å². The van der Waals surface area contributed by atoms with Gasteiger partial charge in [-0.25, -0.2) is 0 Å². The first-order chi connectivity index (χ1) is 12.6. The number of amides is 1. The van der Waals surface area contributed by atoms with Crippen molar-refractivity contribution in [1.82, 2.24) is 19.8 Å². The lowest BCUT2D eigenvalue weighted by molar-refractivity contribution is 0.0944. The van der Waals surface area contributed by atoms with E-state index in [4.69, 9.17) is 0 Å². The highest BCUT2D eigenvalue weighted by Gasteiger charge is 2.17. The number of fused-ring (bicyclic) bond motifs is 3. The summed E-state index contributed by atoms with van der Waals surface area (Å²) in [5, 5.41) is 4.49. The zero-order chi connectivity index (χ0) is 18.1. The van der Waals surface area contributed by atoms with E-state index in [1.165, 1.54) is 25.9 Å². The highest BCUT2D eigenvalue weighted by atomic mass is 16.2. The SMILES string of the molecule is Cn1c(C(=O)NCCCN2CCCC2)cc2c(=O)[nH]c3ccccc3c21. The molecule has 0 unspecified atom stereocenters. The molecule has 6 heteroatoms. The van der Waals surface area contributed by atoms with Crippen LogP contribution < -0.4 is 10.9 Å². The molecule has 4 rings (SSSR count). The van der Waals surface area contributed by atoms with Gasteiger partial charge in [0.05, 0.1) is 16.4 Å². The second kappa shape index (κ2) is 6.96. The van der Waals surface area contributed by atoms with Crippen molar-refractivity contribution in [2.75, 3.05) is 26.2 Å². The number of hydrogen-bond acceptors (Lipinski definition) is 3. The number of benzene rings is 1. The number of H-pyrrole nitrogens is 1. The van der Waals surface area contributed by atoms with Gasteiger partial charge in [0.1, 0.15) is 5.69 Å². The van der Waals surface area contributed by atoms with Gasteiger partial charge in [-0.2, -0.15) is 0 Å². The first-order valence-corrected chi connectivity index (χ1v) is 9.26. The van der Waals surface area contributed by atoms with Gasteiger partial charge in [0, 0.05) is 19.0 Å². The number of para-hydroxylation sites is 1. The van der Waals surface area contributed by atoms with Gasteiger partial charge in [0.25, 0.3) is 11.5 Å². The predicted octanol–water partition coefficient (Wildman–Crippen LogP) is 2.24. The third-order valence-electron chi connectivity index (χ3n) is 5.28. The number of nitrogens with zero attached hydrogens (tertiary/aromatic N) is 2. The van der Waals surface area contributed by atoms with Crippen LogP contribution in [-0.4, -0.2) is 46.5 Å². The molecule has 1 aliphatic rings. The van der Waals surface area contributed by atoms with Gasteiger partial charge in [-0.1, -0.05) is 18.2 Å². The first-order valence-electron chi connectivity index (χ1n) is 9.26. The Morgan fingerprint density at radius 1 is 1.19 bits per heavy atom. The van der Waals surface area contributed by atoms with E-state index in [0.717, 1.165) is 29.4 Å². The summed E-state index contributed by atoms with van der Waals surface area (Å²) < 4.78 is 1.82. The Morgan fingerprint density at radius 3 is 2.77 bits per heavy atom. The molecule has 1 amide bonds. The van der Waals surface area contributed by atoms with E-state index >= 15 is 0 Å². The van der Waals surface area contributed by atoms with E-state index in [1.807, 2.05) is 35.9 Å². The zero-order valence-electron chi connectivity index (χ0n) is 15.0. The minimum Gasteiger partial charge on any atom is -0.351 e. The third kappa shape index (κ3) is 3.01. The van der Waals surface area contributed by atoms with Crippen molar-refractivity contribution in [2.45, 2.75) is 19.3 Å². The fraction of sp³-hybridized carbons (Fsp3) is 0.400. The van der Waals surface area contributed by atoms with Crippen LogP contribution in [0.15, 0.2) is 35.1 Å². The van der Waals surface area contributed by atoms with E-state index < -0.39 is 0 Å². The molecule has 1 aromatic carbocycles. The number of hydrogen-bond donors (Lipinski definition) is 2. The molecule has 1 saturated heterocycles. The van der Waals surface area contributed by atoms with Gasteiger partial charge in [-0.3, -0.25) is 9.59 Å². The van der Waals surface area contributed by atoms with Crippen LogP contribution >= 0.6 is 0 Å². The number of nitrogens with one attached hydrogen (secondary N) is 2. The maximum Gasteiger partial charge on any atom is 0.267 e. The number of aryl methyl sites for hydroxylation is 1. The second-order valence-electron chi connectivity index (χ2n) is 7.01. The van der Waals surface area contributed by atoms with Crippen molar-refractivity contribution in [2.24, 2.45) is 7.05 Å². The molecule has 1 aliphatic heterocycles. The van der Waals surface area contributed by atoms with Gasteiger partial charge in [-0.05, 0) is 51.0 Å². The maximum absolute atomic E-state index is 12.6. The number of aromatic nitrogens is 2. The molecule has 3 aromatic rings. The lowest BCUT2D eigenvalue weighted by Crippen LogP contribution is -2.29. The fourth-order valence-electron chi connectivity index (χ4n) is 3.91. The molecule has 26 heavy (non-hydrogen) atoms. The molecular weight excluding hydrogens is 328 g/mol. The Bertz CT molecular complexity index is 1010. The first kappa shape index (κ1) is 16.8. The summed E-state index contributed by atoms with van der Waals surface area (Å²) in [4.78, 5) is 30.3. The Morgan fingerprint density at radius 2 is 1.96 bits per heavy atom. The van der Waals surface area contributed by atoms with Gasteiger partial charge in [0.15, 0.2) is 0 Å². The fourth-order valence-corrected chi connectivity index (χ4v) is 3.91. The van der Waals surface area contributed by atoms with Crippen LogP contribution in [-0.2, 0) is 7.05 Å². The van der Waals surface area contributed by atoms with E-state index in [2.05, 4.69) is 15.2 Å². The highest BCUT2D eigenvalue weighted by Crippen LogP contribution is 2.23. The number of rotatable bonds is 5. The predicted molar refractivity (Wildman–Crippen MR) is 104 cm³/mol. The molecule has 0 aliphatic carbocycles. The summed E-state index contributed by atoms with van der Waals surface area (Å²) in [6.07, 6.45) is 3.51. The number of likely N-dealkylation sites (tertiary alicyclic amines) is 1. The molecule has 0 bridgehead atoms. The summed E-state index contributed by atoms with van der Waals surface area (Å²) in [6.45, 7) is 4.02. The number of pyridine rings is 1. The molecule has 1 fully saturated rings. The van der Waals surface area contributed by atoms with Gasteiger partial charge >= 0.3 is 0 Å². The summed E-state index contributed by atoms with van der Waals surface area (Å²) in [7, 11) is 1.84. The zero-order valence-corrected chi connectivity index (χ0v) is 15.0. The van der Waals surface area contributed by atoms with Crippen LogP contribution in [0.25, 0.3) is 21.8 Å². The summed E-state index contributed by atoms with van der Waals surface area (Å²) in [5.41, 5.74) is 1.93. The molecule has 0 atom stereocenters. The van der Waals surface area contributed by atoms with Crippen molar-refractivity contribution >= 4 is 27.7 Å². The Kier molecular flexibility index (Phi) is 4.51. The largest absolute Gasteiger partial charge is 0.351 e. The van der Waals surface area contributed by atoms with Crippen molar-refractivity contribution in [3.05, 3.63) is 46.4 Å². The van der Waals surface area contributed by atoms with Gasteiger partial charge in [0.2, 0.25) is 0 Å². The van der Waals surface area contributed by atoms with Crippen LogP contribution in [0.1, 0.15) is 29.8 Å². The minimum absolute atomic E-state index is 0.131. The minimum atomic E-state index is -0.164. The van der Waals surface area contributed by atoms with E-state index in [-0.39, 0.29) is 11.5 Å². The Hall–Kier alpha value is -2.60. The average molecular weight is 352 g/mol. The van der Waals surface area contributed by atoms with Crippen molar-refractivity contribution in [1.29, 1.82) is 0 Å². The lowest BCUT2D eigenvalue weighted by Gasteiger charge is -2.14. The average Bonchev–Trinajstić information content (AvgIpc) is 3.27. The normalized spacial score (nSPS) is 15.1. The lowest BCUT2D eigenvalue weighted by atomic mass is 10.1. The second-order valence-corrected chi connectivity index (χ2v) is 7.01. The molecule has 0 saturated carbocycles. The van der Waals surface area contributed by atoms with Crippen LogP contribution in [0.5, 0.6) is 0 Å². The van der Waals surface area contributed by atoms with Crippen LogP contribution in [0.2, 0.25) is 0 Å². The topological polar surface area (TPSA) is 70.1 Å². The van der Waals surface area contributed by atoms with Crippen LogP contribution in [0.4, 0.5) is 0 Å². The quantitative estimate of drug-likeness (QED) is 0.692. The maximum atomic E-state index is 12.6. The monoisotopic (exact) mass is 352 g/mol. The molecule has 3 heterocycles. The molecule has 0 spiro atoms. The smallest absolute Gasteiger partial charge is 0.267 e. The molecular formula is C20H24N4O2. The van der Waals surface area contributed by atoms with Crippen LogP contribution in [0, 0.1) is 0 Å². The highest BCUT2D eigenvalue weighted by molar-refractivity contribution is 6.07. The Labute approximate surface area is 151 Å². The van der Waals surface area contributed by atoms with E-state index in [1.54, 1.807) is 6.07 Å². The number of aromatic amines is 1. The molecule has 2 N–H and O–H groups in total. The van der Waals surface area contributed by atoms with Gasteiger partial charge in [-0.15, -0.1) is 0 Å². The summed E-state index contributed by atoms with van der Waals surface area (Å²) in [5.74, 6) is -0.131. The number of carbonyl (C=O) groups excluding carboxylic acids is 1.